The highest BCUT2D eigenvalue weighted by molar-refractivity contribution is 9.10. The summed E-state index contributed by atoms with van der Waals surface area (Å²) < 4.78 is 33.0. The first-order valence-electron chi connectivity index (χ1n) is 5.96. The summed E-state index contributed by atoms with van der Waals surface area (Å²) >= 11 is 9.21. The Morgan fingerprint density at radius 3 is 2.48 bits per heavy atom. The molecule has 1 N–H and O–H groups in total. The summed E-state index contributed by atoms with van der Waals surface area (Å²) in [6, 6.07) is 9.53. The normalized spacial score (nSPS) is 11.2. The van der Waals surface area contributed by atoms with E-state index in [0.29, 0.717) is 20.9 Å². The third-order valence-electron chi connectivity index (χ3n) is 2.85. The van der Waals surface area contributed by atoms with Crippen molar-refractivity contribution in [2.24, 2.45) is 0 Å². The molecular weight excluding hydrogens is 378 g/mol. The molecule has 0 fully saturated rings. The second-order valence-electron chi connectivity index (χ2n) is 4.37. The number of halogens is 2. The molecule has 0 unspecified atom stereocenters. The largest absolute Gasteiger partial charge is 0.496 e. The molecule has 0 heterocycles. The zero-order valence-corrected chi connectivity index (χ0v) is 14.5. The molecular formula is C14H13BrClNO3S. The summed E-state index contributed by atoms with van der Waals surface area (Å²) in [5, 5.41) is 0.432. The Hall–Kier alpha value is -1.24. The molecule has 0 spiro atoms. The molecule has 0 aliphatic rings. The Morgan fingerprint density at radius 2 is 1.90 bits per heavy atom. The number of rotatable bonds is 4. The SMILES string of the molecule is COc1ccc(S(=O)(=O)Nc2ccc(Br)c(Cl)c2)cc1C. The van der Waals surface area contributed by atoms with Gasteiger partial charge in [0.25, 0.3) is 10.0 Å². The number of hydrogen-bond donors (Lipinski definition) is 1. The van der Waals surface area contributed by atoms with Gasteiger partial charge in [0.2, 0.25) is 0 Å². The average Bonchev–Trinajstić information content (AvgIpc) is 2.42. The number of nitrogens with one attached hydrogen (secondary N) is 1. The van der Waals surface area contributed by atoms with Gasteiger partial charge >= 0.3 is 0 Å². The minimum absolute atomic E-state index is 0.167. The lowest BCUT2D eigenvalue weighted by molar-refractivity contribution is 0.411. The Morgan fingerprint density at radius 1 is 1.19 bits per heavy atom. The lowest BCUT2D eigenvalue weighted by Gasteiger charge is -2.11. The third kappa shape index (κ3) is 3.70. The van der Waals surface area contributed by atoms with Crippen LogP contribution in [0.15, 0.2) is 45.8 Å². The van der Waals surface area contributed by atoms with E-state index in [1.165, 1.54) is 6.07 Å². The van der Waals surface area contributed by atoms with Gasteiger partial charge in [0.05, 0.1) is 22.7 Å². The Bertz CT molecular complexity index is 778. The van der Waals surface area contributed by atoms with E-state index < -0.39 is 10.0 Å². The number of benzene rings is 2. The minimum atomic E-state index is -3.67. The van der Waals surface area contributed by atoms with Crippen LogP contribution >= 0.6 is 27.5 Å². The van der Waals surface area contributed by atoms with Crippen LogP contribution < -0.4 is 9.46 Å². The van der Waals surface area contributed by atoms with Gasteiger partial charge in [-0.25, -0.2) is 8.42 Å². The van der Waals surface area contributed by atoms with Crippen LogP contribution in [0.3, 0.4) is 0 Å². The van der Waals surface area contributed by atoms with E-state index in [9.17, 15) is 8.42 Å². The molecule has 0 aliphatic heterocycles. The van der Waals surface area contributed by atoms with E-state index >= 15 is 0 Å². The topological polar surface area (TPSA) is 55.4 Å². The molecule has 0 radical (unpaired) electrons. The number of ether oxygens (including phenoxy) is 1. The van der Waals surface area contributed by atoms with E-state index in [2.05, 4.69) is 20.7 Å². The Kier molecular flexibility index (Phi) is 4.81. The highest BCUT2D eigenvalue weighted by Gasteiger charge is 2.16. The van der Waals surface area contributed by atoms with Crippen LogP contribution in [0.5, 0.6) is 5.75 Å². The second-order valence-corrected chi connectivity index (χ2v) is 7.31. The first-order chi connectivity index (χ1) is 9.83. The maximum atomic E-state index is 12.3. The quantitative estimate of drug-likeness (QED) is 0.850. The van der Waals surface area contributed by atoms with Crippen molar-refractivity contribution in [1.82, 2.24) is 0 Å². The van der Waals surface area contributed by atoms with E-state index in [1.54, 1.807) is 44.4 Å². The van der Waals surface area contributed by atoms with Gasteiger partial charge in [0.15, 0.2) is 0 Å². The van der Waals surface area contributed by atoms with Crippen molar-refractivity contribution in [2.75, 3.05) is 11.8 Å². The van der Waals surface area contributed by atoms with E-state index in [-0.39, 0.29) is 4.90 Å². The molecule has 7 heteroatoms. The maximum absolute atomic E-state index is 12.3. The lowest BCUT2D eigenvalue weighted by atomic mass is 10.2. The van der Waals surface area contributed by atoms with Gasteiger partial charge in [-0.3, -0.25) is 4.72 Å². The molecule has 4 nitrogen and oxygen atoms in total. The zero-order chi connectivity index (χ0) is 15.6. The summed E-state index contributed by atoms with van der Waals surface area (Å²) in [7, 11) is -2.13. The molecule has 0 saturated heterocycles. The van der Waals surface area contributed by atoms with Crippen LogP contribution in [-0.2, 0) is 10.0 Å². The van der Waals surface area contributed by atoms with Crippen molar-refractivity contribution in [1.29, 1.82) is 0 Å². The van der Waals surface area contributed by atoms with Gasteiger partial charge in [-0.2, -0.15) is 0 Å². The summed E-state index contributed by atoms with van der Waals surface area (Å²) in [5.74, 6) is 0.639. The zero-order valence-electron chi connectivity index (χ0n) is 11.4. The van der Waals surface area contributed by atoms with Crippen molar-refractivity contribution in [3.05, 3.63) is 51.5 Å². The third-order valence-corrected chi connectivity index (χ3v) is 5.46. The highest BCUT2D eigenvalue weighted by Crippen LogP contribution is 2.28. The van der Waals surface area contributed by atoms with Gasteiger partial charge in [-0.05, 0) is 64.8 Å². The summed E-state index contributed by atoms with van der Waals surface area (Å²) in [6.45, 7) is 1.79. The molecule has 0 aliphatic carbocycles. The summed E-state index contributed by atoms with van der Waals surface area (Å²) in [6.07, 6.45) is 0. The van der Waals surface area contributed by atoms with Gasteiger partial charge in [-0.15, -0.1) is 0 Å². The molecule has 21 heavy (non-hydrogen) atoms. The Balaban J connectivity index is 2.33. The highest BCUT2D eigenvalue weighted by atomic mass is 79.9. The van der Waals surface area contributed by atoms with Crippen LogP contribution in [0.25, 0.3) is 0 Å². The molecule has 2 aromatic carbocycles. The van der Waals surface area contributed by atoms with Crippen molar-refractivity contribution in [3.63, 3.8) is 0 Å². The minimum Gasteiger partial charge on any atom is -0.496 e. The fraction of sp³-hybridized carbons (Fsp3) is 0.143. The molecule has 0 amide bonds. The van der Waals surface area contributed by atoms with Crippen LogP contribution in [0.1, 0.15) is 5.56 Å². The van der Waals surface area contributed by atoms with Gasteiger partial charge in [-0.1, -0.05) is 11.6 Å². The number of aryl methyl sites for hydroxylation is 1. The summed E-state index contributed by atoms with van der Waals surface area (Å²) in [4.78, 5) is 0.167. The van der Waals surface area contributed by atoms with E-state index in [0.717, 1.165) is 5.56 Å². The van der Waals surface area contributed by atoms with Gasteiger partial charge < -0.3 is 4.74 Å². The molecule has 0 aromatic heterocycles. The predicted molar refractivity (Wildman–Crippen MR) is 87.7 cm³/mol. The lowest BCUT2D eigenvalue weighted by Crippen LogP contribution is -2.13. The monoisotopic (exact) mass is 389 g/mol. The number of anilines is 1. The van der Waals surface area contributed by atoms with Crippen LogP contribution in [0.4, 0.5) is 5.69 Å². The smallest absolute Gasteiger partial charge is 0.261 e. The first-order valence-corrected chi connectivity index (χ1v) is 8.61. The predicted octanol–water partition coefficient (Wildman–Crippen LogP) is 4.22. The van der Waals surface area contributed by atoms with Crippen LogP contribution in [-0.4, -0.2) is 15.5 Å². The molecule has 0 bridgehead atoms. The van der Waals surface area contributed by atoms with Gasteiger partial charge in [0.1, 0.15) is 5.75 Å². The summed E-state index contributed by atoms with van der Waals surface area (Å²) in [5.41, 5.74) is 1.14. The van der Waals surface area contributed by atoms with Crippen molar-refractivity contribution < 1.29 is 13.2 Å². The fourth-order valence-electron chi connectivity index (χ4n) is 1.79. The van der Waals surface area contributed by atoms with Crippen molar-refractivity contribution >= 4 is 43.2 Å². The molecule has 0 saturated carbocycles. The van der Waals surface area contributed by atoms with Crippen molar-refractivity contribution in [2.45, 2.75) is 11.8 Å². The van der Waals surface area contributed by atoms with Crippen LogP contribution in [0, 0.1) is 6.92 Å². The number of methoxy groups -OCH3 is 1. The second kappa shape index (κ2) is 6.25. The fourth-order valence-corrected chi connectivity index (χ4v) is 3.35. The Labute approximate surface area is 137 Å². The van der Waals surface area contributed by atoms with Crippen LogP contribution in [0.2, 0.25) is 5.02 Å². The van der Waals surface area contributed by atoms with E-state index in [1.807, 2.05) is 0 Å². The molecule has 2 aromatic rings. The number of hydrogen-bond acceptors (Lipinski definition) is 3. The standard InChI is InChI=1S/C14H13BrClNO3S/c1-9-7-11(4-6-14(9)20-2)21(18,19)17-10-3-5-12(15)13(16)8-10/h3-8,17H,1-2H3. The molecule has 112 valence electrons. The molecule has 0 atom stereocenters. The van der Waals surface area contributed by atoms with E-state index in [4.69, 9.17) is 16.3 Å². The maximum Gasteiger partial charge on any atom is 0.261 e. The average molecular weight is 391 g/mol. The molecule has 2 rings (SSSR count). The number of sulfonamides is 1. The van der Waals surface area contributed by atoms with Gasteiger partial charge in [0, 0.05) is 4.47 Å². The van der Waals surface area contributed by atoms with Crippen molar-refractivity contribution in [3.8, 4) is 5.75 Å². The first kappa shape index (κ1) is 16.1.